The number of hydrogen-bond donors (Lipinski definition) is 0. The van der Waals surface area contributed by atoms with E-state index >= 15 is 0 Å². The van der Waals surface area contributed by atoms with Crippen LogP contribution in [0.2, 0.25) is 0 Å². The van der Waals surface area contributed by atoms with Crippen molar-refractivity contribution in [3.63, 3.8) is 0 Å². The minimum Gasteiger partial charge on any atom is -0.165 e. The Bertz CT molecular complexity index is 494. The molecule has 17 heavy (non-hydrogen) atoms. The maximum Gasteiger partial charge on any atom is 0.176 e. The number of rotatable bonds is 3. The van der Waals surface area contributed by atoms with E-state index in [1.54, 1.807) is 0 Å². The van der Waals surface area contributed by atoms with Crippen molar-refractivity contribution >= 4 is 24.4 Å². The van der Waals surface area contributed by atoms with E-state index in [4.69, 9.17) is 11.1 Å². The van der Waals surface area contributed by atoms with Gasteiger partial charge < -0.3 is 0 Å². The second-order valence-corrected chi connectivity index (χ2v) is 7.99. The Morgan fingerprint density at radius 2 is 1.65 bits per heavy atom. The Kier molecular flexibility index (Phi) is 4.03. The molecule has 2 aromatic carbocycles. The summed E-state index contributed by atoms with van der Waals surface area (Å²) in [7, 11) is -1.38. The molecule has 0 fully saturated rings. The molecule has 2 aromatic rings. The molecule has 0 aliphatic carbocycles. The zero-order valence-corrected chi connectivity index (χ0v) is 12.2. The second-order valence-electron chi connectivity index (χ2n) is 4.45. The zero-order valence-electron chi connectivity index (χ0n) is 10.3. The SMILES string of the molecule is Cc1cccc([SiH](Cl)Cc2ccccc2)c1C. The molecule has 0 spiro atoms. The molecule has 1 unspecified atom stereocenters. The predicted molar refractivity (Wildman–Crippen MR) is 78.7 cm³/mol. The van der Waals surface area contributed by atoms with Crippen LogP contribution in [0.3, 0.4) is 0 Å². The van der Waals surface area contributed by atoms with Gasteiger partial charge in [0.1, 0.15) is 0 Å². The highest BCUT2D eigenvalue weighted by Crippen LogP contribution is 2.10. The molecule has 2 heteroatoms. The molecule has 0 amide bonds. The van der Waals surface area contributed by atoms with E-state index in [0.717, 1.165) is 6.04 Å². The van der Waals surface area contributed by atoms with Crippen LogP contribution in [0.25, 0.3) is 0 Å². The maximum absolute atomic E-state index is 6.66. The van der Waals surface area contributed by atoms with E-state index in [1.165, 1.54) is 21.9 Å². The van der Waals surface area contributed by atoms with Gasteiger partial charge in [0.15, 0.2) is 8.11 Å². The average Bonchev–Trinajstić information content (AvgIpc) is 2.34. The van der Waals surface area contributed by atoms with Gasteiger partial charge in [-0.05, 0) is 41.8 Å². The quantitative estimate of drug-likeness (QED) is 0.587. The fourth-order valence-electron chi connectivity index (χ4n) is 2.04. The van der Waals surface area contributed by atoms with Crippen molar-refractivity contribution in [3.8, 4) is 0 Å². The Labute approximate surface area is 110 Å². The summed E-state index contributed by atoms with van der Waals surface area (Å²) >= 11 is 6.66. The molecule has 2 rings (SSSR count). The fraction of sp³-hybridized carbons (Fsp3) is 0.200. The molecule has 1 atom stereocenters. The zero-order chi connectivity index (χ0) is 12.3. The first-order valence-corrected chi connectivity index (χ1v) is 9.06. The van der Waals surface area contributed by atoms with Crippen molar-refractivity contribution in [1.82, 2.24) is 0 Å². The van der Waals surface area contributed by atoms with Crippen LogP contribution in [0.15, 0.2) is 48.5 Å². The van der Waals surface area contributed by atoms with Gasteiger partial charge in [0, 0.05) is 0 Å². The fourth-order valence-corrected chi connectivity index (χ4v) is 5.21. The number of halogens is 1. The summed E-state index contributed by atoms with van der Waals surface area (Å²) < 4.78 is 0. The van der Waals surface area contributed by atoms with Crippen molar-refractivity contribution < 1.29 is 0 Å². The highest BCUT2D eigenvalue weighted by molar-refractivity contribution is 7.14. The highest BCUT2D eigenvalue weighted by atomic mass is 35.6. The van der Waals surface area contributed by atoms with Gasteiger partial charge in [-0.3, -0.25) is 0 Å². The standard InChI is InChI=1S/C15H17ClSi/c1-12-7-6-10-15(13(12)2)17(16)11-14-8-4-3-5-9-14/h3-10,17H,11H2,1-2H3. The van der Waals surface area contributed by atoms with E-state index in [0.29, 0.717) is 0 Å². The molecule has 0 saturated heterocycles. The third-order valence-corrected chi connectivity index (χ3v) is 6.54. The Morgan fingerprint density at radius 3 is 2.35 bits per heavy atom. The monoisotopic (exact) mass is 260 g/mol. The normalized spacial score (nSPS) is 12.4. The van der Waals surface area contributed by atoms with Crippen molar-refractivity contribution in [1.29, 1.82) is 0 Å². The van der Waals surface area contributed by atoms with Gasteiger partial charge in [0.2, 0.25) is 0 Å². The Hall–Kier alpha value is -1.05. The van der Waals surface area contributed by atoms with Crippen molar-refractivity contribution in [2.45, 2.75) is 19.9 Å². The molecular formula is C15H17ClSi. The molecule has 0 aromatic heterocycles. The van der Waals surface area contributed by atoms with Crippen LogP contribution in [0.4, 0.5) is 0 Å². The van der Waals surface area contributed by atoms with Crippen LogP contribution in [0, 0.1) is 13.8 Å². The molecule has 0 aliphatic heterocycles. The topological polar surface area (TPSA) is 0 Å². The molecule has 88 valence electrons. The lowest BCUT2D eigenvalue weighted by Gasteiger charge is -2.13. The van der Waals surface area contributed by atoms with E-state index in [2.05, 4.69) is 56.3 Å². The van der Waals surface area contributed by atoms with Gasteiger partial charge in [-0.25, -0.2) is 0 Å². The van der Waals surface area contributed by atoms with Crippen LogP contribution >= 0.6 is 11.1 Å². The number of benzene rings is 2. The lowest BCUT2D eigenvalue weighted by molar-refractivity contribution is 1.34. The van der Waals surface area contributed by atoms with Crippen LogP contribution < -0.4 is 5.19 Å². The van der Waals surface area contributed by atoms with E-state index < -0.39 is 8.11 Å². The van der Waals surface area contributed by atoms with E-state index in [1.807, 2.05) is 6.07 Å². The predicted octanol–water partition coefficient (Wildman–Crippen LogP) is 3.25. The molecule has 0 radical (unpaired) electrons. The maximum atomic E-state index is 6.66. The van der Waals surface area contributed by atoms with Crippen LogP contribution in [-0.2, 0) is 6.04 Å². The van der Waals surface area contributed by atoms with E-state index in [9.17, 15) is 0 Å². The molecular weight excluding hydrogens is 244 g/mol. The molecule has 0 aliphatic rings. The van der Waals surface area contributed by atoms with Gasteiger partial charge in [0.05, 0.1) is 0 Å². The molecule has 0 saturated carbocycles. The molecule has 0 heterocycles. The van der Waals surface area contributed by atoms with Gasteiger partial charge >= 0.3 is 0 Å². The van der Waals surface area contributed by atoms with Gasteiger partial charge in [-0.2, -0.15) is 11.1 Å². The molecule has 0 N–H and O–H groups in total. The smallest absolute Gasteiger partial charge is 0.165 e. The summed E-state index contributed by atoms with van der Waals surface area (Å²) in [5.74, 6) is 0. The van der Waals surface area contributed by atoms with Crippen molar-refractivity contribution in [3.05, 3.63) is 65.2 Å². The molecule has 0 nitrogen and oxygen atoms in total. The van der Waals surface area contributed by atoms with Crippen LogP contribution in [0.1, 0.15) is 16.7 Å². The largest absolute Gasteiger partial charge is 0.176 e. The first-order chi connectivity index (χ1) is 8.18. The first kappa shape index (κ1) is 12.4. The van der Waals surface area contributed by atoms with Crippen molar-refractivity contribution in [2.24, 2.45) is 0 Å². The summed E-state index contributed by atoms with van der Waals surface area (Å²) in [6.45, 7) is 4.33. The summed E-state index contributed by atoms with van der Waals surface area (Å²) in [5, 5.41) is 1.38. The highest BCUT2D eigenvalue weighted by Gasteiger charge is 2.14. The summed E-state index contributed by atoms with van der Waals surface area (Å²) in [6.07, 6.45) is 0. The summed E-state index contributed by atoms with van der Waals surface area (Å²) in [4.78, 5) is 0. The van der Waals surface area contributed by atoms with Crippen molar-refractivity contribution in [2.75, 3.05) is 0 Å². The number of aryl methyl sites for hydroxylation is 1. The Morgan fingerprint density at radius 1 is 0.941 bits per heavy atom. The minimum atomic E-state index is -1.38. The average molecular weight is 261 g/mol. The number of hydrogen-bond acceptors (Lipinski definition) is 0. The third kappa shape index (κ3) is 2.99. The first-order valence-electron chi connectivity index (χ1n) is 5.92. The van der Waals surface area contributed by atoms with Gasteiger partial charge in [0.25, 0.3) is 0 Å². The Balaban J connectivity index is 2.20. The van der Waals surface area contributed by atoms with Gasteiger partial charge in [-0.15, -0.1) is 0 Å². The third-order valence-electron chi connectivity index (χ3n) is 3.24. The second kappa shape index (κ2) is 5.52. The van der Waals surface area contributed by atoms with Gasteiger partial charge in [-0.1, -0.05) is 48.5 Å². The summed E-state index contributed by atoms with van der Waals surface area (Å²) in [6, 6.07) is 18.0. The van der Waals surface area contributed by atoms with Crippen LogP contribution in [0.5, 0.6) is 0 Å². The van der Waals surface area contributed by atoms with Crippen LogP contribution in [-0.4, -0.2) is 8.11 Å². The minimum absolute atomic E-state index is 1.02. The molecule has 0 bridgehead atoms. The lowest BCUT2D eigenvalue weighted by atomic mass is 10.1. The lowest BCUT2D eigenvalue weighted by Crippen LogP contribution is -2.30. The summed E-state index contributed by atoms with van der Waals surface area (Å²) in [5.41, 5.74) is 4.06. The van der Waals surface area contributed by atoms with E-state index in [-0.39, 0.29) is 0 Å².